The van der Waals surface area contributed by atoms with Crippen LogP contribution < -0.4 is 5.73 Å². The highest BCUT2D eigenvalue weighted by Gasteiger charge is 2.32. The zero-order valence-corrected chi connectivity index (χ0v) is 15.1. The molecule has 0 bridgehead atoms. The molecule has 0 saturated heterocycles. The minimum absolute atomic E-state index is 0.0850. The van der Waals surface area contributed by atoms with Crippen LogP contribution >= 0.6 is 0 Å². The summed E-state index contributed by atoms with van der Waals surface area (Å²) in [5.74, 6) is 0.629. The summed E-state index contributed by atoms with van der Waals surface area (Å²) < 4.78 is 52.7. The number of nitrogens with two attached hydrogens (primary N) is 1. The van der Waals surface area contributed by atoms with Crippen molar-refractivity contribution in [3.8, 4) is 11.5 Å². The molecule has 2 N–H and O–H groups in total. The molecule has 3 heterocycles. The minimum atomic E-state index is -4.51. The van der Waals surface area contributed by atoms with Crippen molar-refractivity contribution in [2.24, 2.45) is 7.05 Å². The van der Waals surface area contributed by atoms with E-state index in [0.717, 1.165) is 12.3 Å². The summed E-state index contributed by atoms with van der Waals surface area (Å²) in [7, 11) is 1.62. The van der Waals surface area contributed by atoms with Crippen LogP contribution in [0.2, 0.25) is 0 Å². The van der Waals surface area contributed by atoms with E-state index in [1.165, 1.54) is 4.57 Å². The number of halogens is 3. The molecule has 0 saturated carbocycles. The topological polar surface area (TPSA) is 92.7 Å². The van der Waals surface area contributed by atoms with Gasteiger partial charge in [-0.05, 0) is 31.1 Å². The average molecular weight is 383 g/mol. The normalized spacial score (nSPS) is 13.3. The Morgan fingerprint density at radius 3 is 2.58 bits per heavy atom. The molecule has 0 aliphatic carbocycles. The van der Waals surface area contributed by atoms with Gasteiger partial charge in [-0.1, -0.05) is 0 Å². The fraction of sp³-hybridized carbons (Fsp3) is 0.312. The molecule has 0 aromatic carbocycles. The summed E-state index contributed by atoms with van der Waals surface area (Å²) in [6.07, 6.45) is -3.75. The van der Waals surface area contributed by atoms with Crippen LogP contribution in [0.25, 0.3) is 22.7 Å². The number of hydrogen-bond donors (Lipinski definition) is 1. The minimum Gasteiger partial charge on any atom is -0.611 e. The average Bonchev–Trinajstić information content (AvgIpc) is 2.91. The van der Waals surface area contributed by atoms with Crippen LogP contribution in [-0.4, -0.2) is 29.8 Å². The highest BCUT2D eigenvalue weighted by molar-refractivity contribution is 7.91. The first-order valence-corrected chi connectivity index (χ1v) is 9.01. The smallest absolute Gasteiger partial charge is 0.417 e. The summed E-state index contributed by atoms with van der Waals surface area (Å²) in [5.41, 5.74) is 6.60. The summed E-state index contributed by atoms with van der Waals surface area (Å²) in [5, 5.41) is 0. The quantitative estimate of drug-likeness (QED) is 0.702. The monoisotopic (exact) mass is 383 g/mol. The lowest BCUT2D eigenvalue weighted by Crippen LogP contribution is -2.11. The van der Waals surface area contributed by atoms with Gasteiger partial charge < -0.3 is 14.9 Å². The number of hydrogen-bond acceptors (Lipinski definition) is 5. The number of imidazole rings is 1. The van der Waals surface area contributed by atoms with Crippen molar-refractivity contribution in [1.29, 1.82) is 0 Å². The first-order valence-electron chi connectivity index (χ1n) is 7.69. The first-order chi connectivity index (χ1) is 12.1. The van der Waals surface area contributed by atoms with Crippen LogP contribution in [0.5, 0.6) is 0 Å². The van der Waals surface area contributed by atoms with Gasteiger partial charge in [-0.15, -0.1) is 0 Å². The van der Waals surface area contributed by atoms with Gasteiger partial charge in [0.25, 0.3) is 0 Å². The van der Waals surface area contributed by atoms with Crippen molar-refractivity contribution in [2.75, 3.05) is 11.5 Å². The molecule has 138 valence electrons. The predicted octanol–water partition coefficient (Wildman–Crippen LogP) is 3.07. The second-order valence-electron chi connectivity index (χ2n) is 5.70. The van der Waals surface area contributed by atoms with E-state index in [-0.39, 0.29) is 17.0 Å². The zero-order valence-electron chi connectivity index (χ0n) is 14.3. The van der Waals surface area contributed by atoms with Gasteiger partial charge >= 0.3 is 6.18 Å². The molecule has 26 heavy (non-hydrogen) atoms. The number of alkyl halides is 3. The molecule has 1 atom stereocenters. The van der Waals surface area contributed by atoms with Crippen molar-refractivity contribution in [3.05, 3.63) is 29.6 Å². The summed E-state index contributed by atoms with van der Waals surface area (Å²) in [6.45, 7) is 3.45. The molecule has 0 aliphatic rings. The molecule has 0 spiro atoms. The first kappa shape index (κ1) is 18.5. The van der Waals surface area contributed by atoms with E-state index < -0.39 is 22.9 Å². The molecule has 1 unspecified atom stereocenters. The lowest BCUT2D eigenvalue weighted by atomic mass is 10.2. The molecular formula is C16H16F3N5OS. The maximum absolute atomic E-state index is 12.9. The van der Waals surface area contributed by atoms with Gasteiger partial charge in [-0.25, -0.2) is 15.0 Å². The van der Waals surface area contributed by atoms with E-state index >= 15 is 0 Å². The van der Waals surface area contributed by atoms with E-state index in [1.807, 2.05) is 0 Å². The molecule has 6 nitrogen and oxygen atoms in total. The third-order valence-corrected chi connectivity index (χ3v) is 5.30. The van der Waals surface area contributed by atoms with Crippen molar-refractivity contribution in [3.63, 3.8) is 0 Å². The van der Waals surface area contributed by atoms with Gasteiger partial charge in [0, 0.05) is 19.3 Å². The lowest BCUT2D eigenvalue weighted by Gasteiger charge is -2.13. The van der Waals surface area contributed by atoms with Gasteiger partial charge in [0.15, 0.2) is 22.1 Å². The summed E-state index contributed by atoms with van der Waals surface area (Å²) in [6, 6.07) is 2.51. The summed E-state index contributed by atoms with van der Waals surface area (Å²) in [4.78, 5) is 12.9. The fourth-order valence-corrected chi connectivity index (χ4v) is 3.46. The number of aromatic nitrogens is 4. The Hall–Kier alpha value is -2.33. The predicted molar refractivity (Wildman–Crippen MR) is 92.8 cm³/mol. The van der Waals surface area contributed by atoms with Crippen LogP contribution in [0.3, 0.4) is 0 Å². The number of aryl methyl sites for hydroxylation is 2. The number of anilines is 1. The van der Waals surface area contributed by atoms with E-state index in [2.05, 4.69) is 15.0 Å². The van der Waals surface area contributed by atoms with E-state index in [0.29, 0.717) is 27.7 Å². The van der Waals surface area contributed by atoms with Crippen LogP contribution in [0, 0.1) is 6.92 Å². The SMILES string of the molecule is CC[S+]([O-])c1cc(N)c(C)nc1-c1nc2cc(C(F)(F)F)cnc2n1C. The highest BCUT2D eigenvalue weighted by atomic mass is 32.2. The maximum Gasteiger partial charge on any atom is 0.417 e. The molecule has 0 fully saturated rings. The van der Waals surface area contributed by atoms with Crippen LogP contribution in [0.15, 0.2) is 23.2 Å². The molecule has 0 radical (unpaired) electrons. The molecule has 0 amide bonds. The van der Waals surface area contributed by atoms with Gasteiger partial charge in [0.2, 0.25) is 0 Å². The zero-order chi connectivity index (χ0) is 19.2. The third kappa shape index (κ3) is 3.10. The number of rotatable bonds is 3. The second kappa shape index (κ2) is 6.44. The molecule has 0 aliphatic heterocycles. The standard InChI is InChI=1S/C16H16F3N5OS/c1-4-26(25)12-6-10(20)8(2)22-13(12)15-23-11-5-9(16(17,18)19)7-21-14(11)24(15)3/h5-7H,4,20H2,1-3H3. The van der Waals surface area contributed by atoms with Crippen molar-refractivity contribution >= 4 is 28.0 Å². The Bertz CT molecular complexity index is 986. The molecule has 3 rings (SSSR count). The molecule has 3 aromatic rings. The van der Waals surface area contributed by atoms with E-state index in [1.54, 1.807) is 27.0 Å². The Balaban J connectivity index is 2.26. The molecule has 3 aromatic heterocycles. The Morgan fingerprint density at radius 1 is 1.27 bits per heavy atom. The molecular weight excluding hydrogens is 367 g/mol. The number of pyridine rings is 2. The van der Waals surface area contributed by atoms with Crippen molar-refractivity contribution in [1.82, 2.24) is 19.5 Å². The highest BCUT2D eigenvalue weighted by Crippen LogP contribution is 2.33. The lowest BCUT2D eigenvalue weighted by molar-refractivity contribution is -0.137. The largest absolute Gasteiger partial charge is 0.611 e. The van der Waals surface area contributed by atoms with Gasteiger partial charge in [0.05, 0.1) is 16.9 Å². The fourth-order valence-electron chi connectivity index (χ4n) is 2.53. The second-order valence-corrected chi connectivity index (χ2v) is 7.41. The van der Waals surface area contributed by atoms with Crippen LogP contribution in [0.4, 0.5) is 18.9 Å². The van der Waals surface area contributed by atoms with E-state index in [9.17, 15) is 17.7 Å². The van der Waals surface area contributed by atoms with Crippen molar-refractivity contribution < 1.29 is 17.7 Å². The molecule has 10 heteroatoms. The third-order valence-electron chi connectivity index (χ3n) is 3.97. The number of nitrogens with zero attached hydrogens (tertiary/aromatic N) is 4. The van der Waals surface area contributed by atoms with E-state index in [4.69, 9.17) is 5.73 Å². The summed E-state index contributed by atoms with van der Waals surface area (Å²) >= 11 is -1.37. The number of nitrogen functional groups attached to an aromatic ring is 1. The Morgan fingerprint density at radius 2 is 1.96 bits per heavy atom. The number of fused-ring (bicyclic) bond motifs is 1. The van der Waals surface area contributed by atoms with Gasteiger partial charge in [-0.2, -0.15) is 13.2 Å². The van der Waals surface area contributed by atoms with Gasteiger partial charge in [-0.3, -0.25) is 0 Å². The van der Waals surface area contributed by atoms with Crippen LogP contribution in [0.1, 0.15) is 18.2 Å². The maximum atomic E-state index is 12.9. The van der Waals surface area contributed by atoms with Gasteiger partial charge in [0.1, 0.15) is 11.3 Å². The van der Waals surface area contributed by atoms with Crippen LogP contribution in [-0.2, 0) is 24.4 Å². The Labute approximate surface area is 150 Å². The Kier molecular flexibility index (Phi) is 4.57. The van der Waals surface area contributed by atoms with Crippen molar-refractivity contribution in [2.45, 2.75) is 24.9 Å².